The summed E-state index contributed by atoms with van der Waals surface area (Å²) in [5.74, 6) is -0.159. The molecule has 0 aromatic heterocycles. The van der Waals surface area contributed by atoms with Crippen LogP contribution in [0.3, 0.4) is 0 Å². The van der Waals surface area contributed by atoms with Gasteiger partial charge in [0.2, 0.25) is 5.91 Å². The molecule has 1 aliphatic heterocycles. The van der Waals surface area contributed by atoms with Gasteiger partial charge in [0.05, 0.1) is 0 Å². The number of carbonyl (C=O) groups excluding carboxylic acids is 2. The van der Waals surface area contributed by atoms with Crippen LogP contribution in [0.15, 0.2) is 78.9 Å². The van der Waals surface area contributed by atoms with Gasteiger partial charge in [0.15, 0.2) is 0 Å². The molecule has 1 heterocycles. The molecule has 4 nitrogen and oxygen atoms in total. The second-order valence-electron chi connectivity index (χ2n) is 7.57. The van der Waals surface area contributed by atoms with Gasteiger partial charge in [-0.05, 0) is 54.8 Å². The molecule has 0 spiro atoms. The van der Waals surface area contributed by atoms with Crippen LogP contribution in [0, 0.1) is 6.92 Å². The Morgan fingerprint density at radius 2 is 1.62 bits per heavy atom. The van der Waals surface area contributed by atoms with Crippen molar-refractivity contribution in [2.24, 2.45) is 0 Å². The van der Waals surface area contributed by atoms with Gasteiger partial charge in [-0.25, -0.2) is 0 Å². The van der Waals surface area contributed by atoms with Crippen molar-refractivity contribution in [2.75, 3.05) is 18.0 Å². The molecule has 4 rings (SSSR count). The molecule has 0 N–H and O–H groups in total. The molecule has 0 saturated carbocycles. The highest BCUT2D eigenvalue weighted by Crippen LogP contribution is 2.24. The maximum Gasteiger partial charge on any atom is 0.254 e. The Balaban J connectivity index is 1.55. The van der Waals surface area contributed by atoms with Gasteiger partial charge in [-0.1, -0.05) is 54.6 Å². The maximum atomic E-state index is 13.2. The molecule has 0 aliphatic carbocycles. The lowest BCUT2D eigenvalue weighted by molar-refractivity contribution is -0.121. The van der Waals surface area contributed by atoms with Crippen LogP contribution >= 0.6 is 0 Å². The monoisotopic (exact) mass is 384 g/mol. The molecule has 0 radical (unpaired) electrons. The lowest BCUT2D eigenvalue weighted by Gasteiger charge is -2.39. The summed E-state index contributed by atoms with van der Waals surface area (Å²) >= 11 is 0. The average Bonchev–Trinajstić information content (AvgIpc) is 2.75. The SMILES string of the molecule is Cc1cccc(N2CC(C)N(C(=O)c3cccc(-c4ccccc4)c3)CC2=O)c1. The highest BCUT2D eigenvalue weighted by Gasteiger charge is 2.33. The first-order chi connectivity index (χ1) is 14.0. The summed E-state index contributed by atoms with van der Waals surface area (Å²) in [6, 6.07) is 25.4. The molecule has 0 bridgehead atoms. The maximum absolute atomic E-state index is 13.2. The van der Waals surface area contributed by atoms with Gasteiger partial charge in [0.25, 0.3) is 5.91 Å². The molecule has 1 aliphatic rings. The normalized spacial score (nSPS) is 16.8. The summed E-state index contributed by atoms with van der Waals surface area (Å²) in [7, 11) is 0. The van der Waals surface area contributed by atoms with Gasteiger partial charge in [0.1, 0.15) is 6.54 Å². The smallest absolute Gasteiger partial charge is 0.254 e. The molecule has 1 fully saturated rings. The van der Waals surface area contributed by atoms with E-state index in [1.54, 1.807) is 9.80 Å². The Bertz CT molecular complexity index is 1050. The molecule has 1 atom stereocenters. The third-order valence-corrected chi connectivity index (χ3v) is 5.38. The summed E-state index contributed by atoms with van der Waals surface area (Å²) in [4.78, 5) is 29.5. The fraction of sp³-hybridized carbons (Fsp3) is 0.200. The van der Waals surface area contributed by atoms with Crippen molar-refractivity contribution in [1.82, 2.24) is 4.90 Å². The number of rotatable bonds is 3. The minimum Gasteiger partial charge on any atom is -0.325 e. The number of amides is 2. The predicted molar refractivity (Wildman–Crippen MR) is 116 cm³/mol. The summed E-state index contributed by atoms with van der Waals surface area (Å²) in [5, 5.41) is 0. The van der Waals surface area contributed by atoms with E-state index in [9.17, 15) is 9.59 Å². The third kappa shape index (κ3) is 3.92. The van der Waals surface area contributed by atoms with E-state index in [0.29, 0.717) is 12.1 Å². The number of carbonyl (C=O) groups is 2. The van der Waals surface area contributed by atoms with E-state index in [0.717, 1.165) is 22.4 Å². The van der Waals surface area contributed by atoms with Crippen LogP contribution in [0.5, 0.6) is 0 Å². The summed E-state index contributed by atoms with van der Waals surface area (Å²) < 4.78 is 0. The zero-order chi connectivity index (χ0) is 20.4. The van der Waals surface area contributed by atoms with Crippen LogP contribution in [0.4, 0.5) is 5.69 Å². The number of piperazine rings is 1. The van der Waals surface area contributed by atoms with Crippen LogP contribution in [0.25, 0.3) is 11.1 Å². The Morgan fingerprint density at radius 3 is 2.38 bits per heavy atom. The van der Waals surface area contributed by atoms with E-state index < -0.39 is 0 Å². The summed E-state index contributed by atoms with van der Waals surface area (Å²) in [6.07, 6.45) is 0. The van der Waals surface area contributed by atoms with E-state index in [2.05, 4.69) is 0 Å². The fourth-order valence-corrected chi connectivity index (χ4v) is 3.80. The van der Waals surface area contributed by atoms with Crippen LogP contribution in [0.2, 0.25) is 0 Å². The van der Waals surface area contributed by atoms with Crippen molar-refractivity contribution in [3.8, 4) is 11.1 Å². The van der Waals surface area contributed by atoms with E-state index in [4.69, 9.17) is 0 Å². The number of nitrogens with zero attached hydrogens (tertiary/aromatic N) is 2. The first-order valence-electron chi connectivity index (χ1n) is 9.86. The molecule has 2 amide bonds. The molecule has 3 aromatic carbocycles. The lowest BCUT2D eigenvalue weighted by Crippen LogP contribution is -2.57. The number of anilines is 1. The highest BCUT2D eigenvalue weighted by molar-refractivity contribution is 6.02. The molecule has 3 aromatic rings. The van der Waals surface area contributed by atoms with E-state index >= 15 is 0 Å². The molecule has 4 heteroatoms. The highest BCUT2D eigenvalue weighted by atomic mass is 16.2. The van der Waals surface area contributed by atoms with Crippen molar-refractivity contribution in [3.05, 3.63) is 90.0 Å². The van der Waals surface area contributed by atoms with Gasteiger partial charge in [-0.3, -0.25) is 9.59 Å². The van der Waals surface area contributed by atoms with Gasteiger partial charge in [-0.15, -0.1) is 0 Å². The second kappa shape index (κ2) is 7.92. The van der Waals surface area contributed by atoms with Crippen LogP contribution in [0.1, 0.15) is 22.8 Å². The molecular formula is C25H24N2O2. The van der Waals surface area contributed by atoms with Gasteiger partial charge in [0, 0.05) is 23.8 Å². The minimum atomic E-state index is -0.104. The van der Waals surface area contributed by atoms with Crippen LogP contribution in [-0.2, 0) is 4.79 Å². The van der Waals surface area contributed by atoms with E-state index in [1.165, 1.54) is 0 Å². The fourth-order valence-electron chi connectivity index (χ4n) is 3.80. The molecule has 1 saturated heterocycles. The predicted octanol–water partition coefficient (Wildman–Crippen LogP) is 4.54. The van der Waals surface area contributed by atoms with Crippen molar-refractivity contribution in [1.29, 1.82) is 0 Å². The van der Waals surface area contributed by atoms with Crippen LogP contribution < -0.4 is 4.90 Å². The zero-order valence-electron chi connectivity index (χ0n) is 16.7. The second-order valence-corrected chi connectivity index (χ2v) is 7.57. The number of hydrogen-bond acceptors (Lipinski definition) is 2. The minimum absolute atomic E-state index is 0.0544. The molecule has 146 valence electrons. The van der Waals surface area contributed by atoms with Gasteiger partial charge in [-0.2, -0.15) is 0 Å². The Morgan fingerprint density at radius 1 is 0.897 bits per heavy atom. The first kappa shape index (κ1) is 18.9. The van der Waals surface area contributed by atoms with Crippen molar-refractivity contribution < 1.29 is 9.59 Å². The number of aryl methyl sites for hydroxylation is 1. The van der Waals surface area contributed by atoms with Gasteiger partial charge >= 0.3 is 0 Å². The third-order valence-electron chi connectivity index (χ3n) is 5.38. The van der Waals surface area contributed by atoms with Gasteiger partial charge < -0.3 is 9.80 Å². The average molecular weight is 384 g/mol. The first-order valence-corrected chi connectivity index (χ1v) is 9.86. The van der Waals surface area contributed by atoms with Crippen molar-refractivity contribution in [3.63, 3.8) is 0 Å². The number of hydrogen-bond donors (Lipinski definition) is 0. The standard InChI is InChI=1S/C25H24N2O2/c1-18-8-6-13-23(14-18)27-16-19(2)26(17-24(27)28)25(29)22-12-7-11-21(15-22)20-9-4-3-5-10-20/h3-15,19H,16-17H2,1-2H3. The van der Waals surface area contributed by atoms with Crippen molar-refractivity contribution >= 4 is 17.5 Å². The topological polar surface area (TPSA) is 40.6 Å². The van der Waals surface area contributed by atoms with E-state index in [1.807, 2.05) is 92.7 Å². The Kier molecular flexibility index (Phi) is 5.17. The van der Waals surface area contributed by atoms with Crippen LogP contribution in [-0.4, -0.2) is 35.8 Å². The lowest BCUT2D eigenvalue weighted by atomic mass is 10.0. The zero-order valence-corrected chi connectivity index (χ0v) is 16.7. The largest absolute Gasteiger partial charge is 0.325 e. The summed E-state index contributed by atoms with van der Waals surface area (Å²) in [6.45, 7) is 4.58. The Hall–Kier alpha value is -3.40. The Labute approximate surface area is 171 Å². The quantitative estimate of drug-likeness (QED) is 0.665. The van der Waals surface area contributed by atoms with E-state index in [-0.39, 0.29) is 24.4 Å². The number of benzene rings is 3. The molecule has 1 unspecified atom stereocenters. The summed E-state index contributed by atoms with van der Waals surface area (Å²) in [5.41, 5.74) is 4.67. The van der Waals surface area contributed by atoms with Crippen molar-refractivity contribution in [2.45, 2.75) is 19.9 Å². The molecule has 29 heavy (non-hydrogen) atoms. The molecular weight excluding hydrogens is 360 g/mol.